The smallest absolute Gasteiger partial charge is 0.191 e. The summed E-state index contributed by atoms with van der Waals surface area (Å²) >= 11 is 0. The van der Waals surface area contributed by atoms with Crippen LogP contribution in [0.25, 0.3) is 0 Å². The van der Waals surface area contributed by atoms with Crippen LogP contribution in [0.3, 0.4) is 0 Å². The number of nitrogens with zero attached hydrogens (tertiary/aromatic N) is 4. The molecular formula is C23H37IN6. The predicted octanol–water partition coefficient (Wildman–Crippen LogP) is 3.90. The lowest BCUT2D eigenvalue weighted by Gasteiger charge is -2.20. The molecule has 2 aromatic rings. The SMILES string of the molecule is CN=C(NCc1ccc(CN2CCCCCC2)cc1)NCc1c(C)nn(C)c1C.I. The molecule has 166 valence electrons. The van der Waals surface area contributed by atoms with Gasteiger partial charge in [0.15, 0.2) is 5.96 Å². The van der Waals surface area contributed by atoms with Crippen molar-refractivity contribution in [3.63, 3.8) is 0 Å². The summed E-state index contributed by atoms with van der Waals surface area (Å²) in [5, 5.41) is 11.3. The maximum absolute atomic E-state index is 4.48. The summed E-state index contributed by atoms with van der Waals surface area (Å²) in [6.45, 7) is 9.17. The molecule has 0 radical (unpaired) electrons. The first-order valence-corrected chi connectivity index (χ1v) is 10.8. The van der Waals surface area contributed by atoms with Crippen molar-refractivity contribution >= 4 is 29.9 Å². The molecule has 0 unspecified atom stereocenters. The van der Waals surface area contributed by atoms with Crippen molar-refractivity contribution in [3.8, 4) is 0 Å². The number of benzene rings is 1. The number of hydrogen-bond donors (Lipinski definition) is 2. The molecular weight excluding hydrogens is 487 g/mol. The zero-order chi connectivity index (χ0) is 20.6. The van der Waals surface area contributed by atoms with Gasteiger partial charge in [0, 0.05) is 45.0 Å². The molecule has 0 spiro atoms. The summed E-state index contributed by atoms with van der Waals surface area (Å²) < 4.78 is 1.93. The van der Waals surface area contributed by atoms with Gasteiger partial charge in [-0.1, -0.05) is 37.1 Å². The molecule has 0 atom stereocenters. The third-order valence-electron chi connectivity index (χ3n) is 5.90. The van der Waals surface area contributed by atoms with Gasteiger partial charge in [-0.15, -0.1) is 24.0 Å². The standard InChI is InChI=1S/C23H36N6.HI/c1-18-22(19(2)28(4)27-18)16-26-23(24-3)25-15-20-9-11-21(12-10-20)17-29-13-7-5-6-8-14-29;/h9-12H,5-8,13-17H2,1-4H3,(H2,24,25,26);1H. The van der Waals surface area contributed by atoms with Crippen molar-refractivity contribution in [2.24, 2.45) is 12.0 Å². The lowest BCUT2D eigenvalue weighted by atomic mass is 10.1. The van der Waals surface area contributed by atoms with Gasteiger partial charge < -0.3 is 10.6 Å². The van der Waals surface area contributed by atoms with Crippen LogP contribution in [0.1, 0.15) is 53.8 Å². The topological polar surface area (TPSA) is 57.5 Å². The normalized spacial score (nSPS) is 15.4. The van der Waals surface area contributed by atoms with Crippen LogP contribution in [0.2, 0.25) is 0 Å². The monoisotopic (exact) mass is 524 g/mol. The van der Waals surface area contributed by atoms with Crippen LogP contribution in [0.15, 0.2) is 29.3 Å². The minimum absolute atomic E-state index is 0. The molecule has 1 fully saturated rings. The van der Waals surface area contributed by atoms with Crippen LogP contribution in [0.4, 0.5) is 0 Å². The van der Waals surface area contributed by atoms with Crippen LogP contribution >= 0.6 is 24.0 Å². The van der Waals surface area contributed by atoms with Gasteiger partial charge in [-0.25, -0.2) is 0 Å². The minimum atomic E-state index is 0. The van der Waals surface area contributed by atoms with E-state index in [0.29, 0.717) is 0 Å². The average Bonchev–Trinajstić information content (AvgIpc) is 2.89. The Balaban J connectivity index is 0.00000320. The molecule has 30 heavy (non-hydrogen) atoms. The van der Waals surface area contributed by atoms with E-state index in [0.717, 1.165) is 31.3 Å². The Morgan fingerprint density at radius 3 is 2.13 bits per heavy atom. The molecule has 0 amide bonds. The van der Waals surface area contributed by atoms with Gasteiger partial charge in [0.25, 0.3) is 0 Å². The Kier molecular flexibility index (Phi) is 10.1. The van der Waals surface area contributed by atoms with E-state index < -0.39 is 0 Å². The predicted molar refractivity (Wildman–Crippen MR) is 135 cm³/mol. The molecule has 6 nitrogen and oxygen atoms in total. The molecule has 1 aromatic carbocycles. The molecule has 2 N–H and O–H groups in total. The number of nitrogens with one attached hydrogen (secondary N) is 2. The maximum Gasteiger partial charge on any atom is 0.191 e. The first-order valence-electron chi connectivity index (χ1n) is 10.8. The third kappa shape index (κ3) is 6.97. The largest absolute Gasteiger partial charge is 0.352 e. The zero-order valence-electron chi connectivity index (χ0n) is 18.9. The van der Waals surface area contributed by atoms with Crippen LogP contribution in [0, 0.1) is 13.8 Å². The number of likely N-dealkylation sites (tertiary alicyclic amines) is 1. The average molecular weight is 524 g/mol. The van der Waals surface area contributed by atoms with Gasteiger partial charge >= 0.3 is 0 Å². The van der Waals surface area contributed by atoms with Gasteiger partial charge in [-0.05, 0) is 50.9 Å². The van der Waals surface area contributed by atoms with E-state index >= 15 is 0 Å². The summed E-state index contributed by atoms with van der Waals surface area (Å²) in [6, 6.07) is 8.98. The third-order valence-corrected chi connectivity index (χ3v) is 5.90. The maximum atomic E-state index is 4.48. The van der Waals surface area contributed by atoms with E-state index in [2.05, 4.69) is 56.8 Å². The second-order valence-electron chi connectivity index (χ2n) is 8.06. The van der Waals surface area contributed by atoms with E-state index in [1.807, 2.05) is 25.7 Å². The Morgan fingerprint density at radius 1 is 0.967 bits per heavy atom. The highest BCUT2D eigenvalue weighted by atomic mass is 127. The van der Waals surface area contributed by atoms with Gasteiger partial charge in [-0.2, -0.15) is 5.10 Å². The molecule has 7 heteroatoms. The summed E-state index contributed by atoms with van der Waals surface area (Å²) in [6.07, 6.45) is 5.45. The van der Waals surface area contributed by atoms with Crippen LogP contribution < -0.4 is 10.6 Å². The first kappa shape index (κ1) is 24.7. The van der Waals surface area contributed by atoms with E-state index in [1.54, 1.807) is 0 Å². The number of aromatic nitrogens is 2. The van der Waals surface area contributed by atoms with Crippen LogP contribution in [-0.2, 0) is 26.7 Å². The molecule has 3 rings (SSSR count). The molecule has 1 aliphatic rings. The Labute approximate surface area is 198 Å². The lowest BCUT2D eigenvalue weighted by molar-refractivity contribution is 0.277. The zero-order valence-corrected chi connectivity index (χ0v) is 21.2. The fourth-order valence-electron chi connectivity index (χ4n) is 3.97. The Morgan fingerprint density at radius 2 is 1.57 bits per heavy atom. The number of aryl methyl sites for hydroxylation is 2. The van der Waals surface area contributed by atoms with Crippen molar-refractivity contribution in [3.05, 3.63) is 52.3 Å². The number of rotatable bonds is 6. The number of guanidine groups is 1. The van der Waals surface area contributed by atoms with Crippen LogP contribution in [-0.4, -0.2) is 40.8 Å². The lowest BCUT2D eigenvalue weighted by Crippen LogP contribution is -2.36. The van der Waals surface area contributed by atoms with Crippen molar-refractivity contribution in [1.29, 1.82) is 0 Å². The van der Waals surface area contributed by atoms with Gasteiger partial charge in [0.2, 0.25) is 0 Å². The van der Waals surface area contributed by atoms with E-state index in [-0.39, 0.29) is 24.0 Å². The second kappa shape index (κ2) is 12.3. The highest BCUT2D eigenvalue weighted by Gasteiger charge is 2.11. The molecule has 1 aliphatic heterocycles. The fourth-order valence-corrected chi connectivity index (χ4v) is 3.97. The fraction of sp³-hybridized carbons (Fsp3) is 0.565. The molecule has 1 saturated heterocycles. The van der Waals surface area contributed by atoms with E-state index in [1.165, 1.54) is 61.2 Å². The van der Waals surface area contributed by atoms with Crippen LogP contribution in [0.5, 0.6) is 0 Å². The molecule has 2 heterocycles. The Bertz CT molecular complexity index is 804. The van der Waals surface area contributed by atoms with Crippen molar-refractivity contribution < 1.29 is 0 Å². The summed E-state index contributed by atoms with van der Waals surface area (Å²) in [5.41, 5.74) is 6.15. The summed E-state index contributed by atoms with van der Waals surface area (Å²) in [4.78, 5) is 6.94. The number of hydrogen-bond acceptors (Lipinski definition) is 3. The second-order valence-corrected chi connectivity index (χ2v) is 8.06. The number of halogens is 1. The molecule has 0 bridgehead atoms. The van der Waals surface area contributed by atoms with Gasteiger partial charge in [0.1, 0.15) is 0 Å². The summed E-state index contributed by atoms with van der Waals surface area (Å²) in [5.74, 6) is 0.807. The minimum Gasteiger partial charge on any atom is -0.352 e. The number of aliphatic imine (C=N–C) groups is 1. The highest BCUT2D eigenvalue weighted by molar-refractivity contribution is 14.0. The van der Waals surface area contributed by atoms with Gasteiger partial charge in [0.05, 0.1) is 5.69 Å². The van der Waals surface area contributed by atoms with E-state index in [9.17, 15) is 0 Å². The first-order chi connectivity index (χ1) is 14.1. The Hall–Kier alpha value is -1.61. The van der Waals surface area contributed by atoms with Gasteiger partial charge in [-0.3, -0.25) is 14.6 Å². The summed E-state index contributed by atoms with van der Waals surface area (Å²) in [7, 11) is 3.79. The van der Waals surface area contributed by atoms with E-state index in [4.69, 9.17) is 0 Å². The molecule has 0 saturated carbocycles. The van der Waals surface area contributed by atoms with Crippen molar-refractivity contribution in [2.45, 2.75) is 59.2 Å². The molecule has 0 aliphatic carbocycles. The van der Waals surface area contributed by atoms with Crippen molar-refractivity contribution in [2.75, 3.05) is 20.1 Å². The molecule has 1 aromatic heterocycles. The van der Waals surface area contributed by atoms with Crippen molar-refractivity contribution in [1.82, 2.24) is 25.3 Å². The highest BCUT2D eigenvalue weighted by Crippen LogP contribution is 2.14. The quantitative estimate of drug-likeness (QED) is 0.342.